The number of allylic oxidation sites excluding steroid dienone is 1. The van der Waals surface area contributed by atoms with E-state index in [1.165, 1.54) is 11.3 Å². The minimum Gasteiger partial charge on any atom is -0.341 e. The molecule has 0 saturated carbocycles. The van der Waals surface area contributed by atoms with E-state index in [0.717, 1.165) is 23.1 Å². The van der Waals surface area contributed by atoms with Crippen molar-refractivity contribution in [2.24, 2.45) is 0 Å². The fraction of sp³-hybridized carbons (Fsp3) is 0.267. The van der Waals surface area contributed by atoms with Crippen molar-refractivity contribution >= 4 is 27.6 Å². The summed E-state index contributed by atoms with van der Waals surface area (Å²) in [6.45, 7) is 1.59. The van der Waals surface area contributed by atoms with E-state index in [0.29, 0.717) is 6.54 Å². The third-order valence-corrected chi connectivity index (χ3v) is 4.14. The van der Waals surface area contributed by atoms with Crippen LogP contribution in [0.4, 0.5) is 10.5 Å². The predicted octanol–water partition coefficient (Wildman–Crippen LogP) is 2.86. The summed E-state index contributed by atoms with van der Waals surface area (Å²) in [6, 6.07) is 6.33. The van der Waals surface area contributed by atoms with Crippen molar-refractivity contribution in [3.05, 3.63) is 52.3 Å². The Bertz CT molecular complexity index is 609. The highest BCUT2D eigenvalue weighted by atomic mass is 79.9. The molecule has 104 valence electrons. The van der Waals surface area contributed by atoms with Crippen molar-refractivity contribution in [3.8, 4) is 0 Å². The number of nitrogens with one attached hydrogen (secondary N) is 1. The van der Waals surface area contributed by atoms with Crippen LogP contribution < -0.4 is 10.2 Å². The van der Waals surface area contributed by atoms with Crippen molar-refractivity contribution in [2.75, 3.05) is 25.0 Å². The van der Waals surface area contributed by atoms with E-state index < -0.39 is 0 Å². The van der Waals surface area contributed by atoms with Gasteiger partial charge in [0.1, 0.15) is 0 Å². The van der Waals surface area contributed by atoms with Crippen LogP contribution in [0.1, 0.15) is 5.56 Å². The number of urea groups is 1. The van der Waals surface area contributed by atoms with E-state index in [2.05, 4.69) is 50.4 Å². The second kappa shape index (κ2) is 5.32. The Labute approximate surface area is 126 Å². The number of hydrogen-bond acceptors (Lipinski definition) is 2. The van der Waals surface area contributed by atoms with E-state index >= 15 is 0 Å². The number of carbonyl (C=O) groups excluding carboxylic acids is 1. The lowest BCUT2D eigenvalue weighted by Gasteiger charge is -2.26. The number of nitrogens with zero attached hydrogens (tertiary/aromatic N) is 2. The van der Waals surface area contributed by atoms with Crippen LogP contribution >= 0.6 is 15.9 Å². The average Bonchev–Trinajstić information content (AvgIpc) is 2.89. The largest absolute Gasteiger partial charge is 0.341 e. The number of fused-ring (bicyclic) bond motifs is 1. The lowest BCUT2D eigenvalue weighted by atomic mass is 10.2. The number of anilines is 1. The zero-order chi connectivity index (χ0) is 14.1. The molecule has 0 fully saturated rings. The minimum atomic E-state index is -0.0823. The molecule has 2 amide bonds. The van der Waals surface area contributed by atoms with Crippen molar-refractivity contribution < 1.29 is 4.79 Å². The Morgan fingerprint density at radius 2 is 2.25 bits per heavy atom. The van der Waals surface area contributed by atoms with Crippen LogP contribution in [0.3, 0.4) is 0 Å². The minimum absolute atomic E-state index is 0.0823. The Morgan fingerprint density at radius 1 is 1.40 bits per heavy atom. The number of halogens is 1. The van der Waals surface area contributed by atoms with Gasteiger partial charge >= 0.3 is 6.03 Å². The van der Waals surface area contributed by atoms with Crippen LogP contribution in [0.15, 0.2) is 46.7 Å². The van der Waals surface area contributed by atoms with Crippen LogP contribution in [0, 0.1) is 0 Å². The van der Waals surface area contributed by atoms with Gasteiger partial charge in [-0.1, -0.05) is 22.0 Å². The maximum absolute atomic E-state index is 11.6. The quantitative estimate of drug-likeness (QED) is 0.857. The molecule has 4 nitrogen and oxygen atoms in total. The number of hydrogen-bond donors (Lipinski definition) is 1. The van der Waals surface area contributed by atoms with Gasteiger partial charge in [0.25, 0.3) is 0 Å². The number of rotatable bonds is 1. The summed E-state index contributed by atoms with van der Waals surface area (Å²) in [5, 5.41) is 2.63. The van der Waals surface area contributed by atoms with Gasteiger partial charge in [0.05, 0.1) is 0 Å². The summed E-state index contributed by atoms with van der Waals surface area (Å²) >= 11 is 3.53. The van der Waals surface area contributed by atoms with Crippen molar-refractivity contribution in [1.82, 2.24) is 10.2 Å². The van der Waals surface area contributed by atoms with Gasteiger partial charge in [-0.3, -0.25) is 4.90 Å². The lowest BCUT2D eigenvalue weighted by molar-refractivity contribution is 0.220. The van der Waals surface area contributed by atoms with Crippen LogP contribution in [0.25, 0.3) is 0 Å². The molecule has 2 heterocycles. The Kier molecular flexibility index (Phi) is 3.53. The summed E-state index contributed by atoms with van der Waals surface area (Å²) < 4.78 is 1.09. The topological polar surface area (TPSA) is 35.6 Å². The van der Waals surface area contributed by atoms with Crippen LogP contribution in [0.2, 0.25) is 0 Å². The summed E-state index contributed by atoms with van der Waals surface area (Å²) in [5.74, 6) is 0. The van der Waals surface area contributed by atoms with Crippen molar-refractivity contribution in [2.45, 2.75) is 6.42 Å². The van der Waals surface area contributed by atoms with E-state index in [9.17, 15) is 4.79 Å². The third kappa shape index (κ3) is 2.33. The highest BCUT2D eigenvalue weighted by molar-refractivity contribution is 9.10. The van der Waals surface area contributed by atoms with Crippen LogP contribution in [0.5, 0.6) is 0 Å². The van der Waals surface area contributed by atoms with Gasteiger partial charge in [0.2, 0.25) is 0 Å². The molecule has 3 rings (SSSR count). The predicted molar refractivity (Wildman–Crippen MR) is 83.6 cm³/mol. The molecule has 0 aliphatic carbocycles. The van der Waals surface area contributed by atoms with Gasteiger partial charge < -0.3 is 10.2 Å². The fourth-order valence-electron chi connectivity index (χ4n) is 2.60. The molecule has 5 heteroatoms. The molecule has 1 aromatic rings. The molecule has 0 unspecified atom stereocenters. The fourth-order valence-corrected chi connectivity index (χ4v) is 2.95. The molecular weight excluding hydrogens is 318 g/mol. The molecule has 0 saturated heterocycles. The monoisotopic (exact) mass is 333 g/mol. The van der Waals surface area contributed by atoms with Gasteiger partial charge in [-0.05, 0) is 36.3 Å². The smallest absolute Gasteiger partial charge is 0.321 e. The Balaban J connectivity index is 1.81. The van der Waals surface area contributed by atoms with E-state index in [1.807, 2.05) is 12.3 Å². The zero-order valence-corrected chi connectivity index (χ0v) is 12.9. The molecule has 2 aliphatic heterocycles. The number of benzene rings is 1. The summed E-state index contributed by atoms with van der Waals surface area (Å²) in [4.78, 5) is 15.5. The first-order valence-corrected chi connectivity index (χ1v) is 7.41. The van der Waals surface area contributed by atoms with E-state index in [4.69, 9.17) is 0 Å². The Morgan fingerprint density at radius 3 is 2.95 bits per heavy atom. The third-order valence-electron chi connectivity index (χ3n) is 3.65. The molecule has 2 aliphatic rings. The normalized spacial score (nSPS) is 17.0. The van der Waals surface area contributed by atoms with Crippen LogP contribution in [-0.4, -0.2) is 31.1 Å². The Hall–Kier alpha value is -1.75. The maximum atomic E-state index is 11.6. The molecule has 0 radical (unpaired) electrons. The SMILES string of the molecule is CNC(=O)N1C=CC(N2CCc3ccc(Br)cc32)=CC1. The van der Waals surface area contributed by atoms with Gasteiger partial charge in [-0.25, -0.2) is 4.79 Å². The number of carbonyl (C=O) groups is 1. The molecule has 20 heavy (non-hydrogen) atoms. The van der Waals surface area contributed by atoms with Crippen LogP contribution in [-0.2, 0) is 6.42 Å². The molecule has 1 N–H and O–H groups in total. The van der Waals surface area contributed by atoms with E-state index in [1.54, 1.807) is 11.9 Å². The lowest BCUT2D eigenvalue weighted by Crippen LogP contribution is -2.36. The summed E-state index contributed by atoms with van der Waals surface area (Å²) in [6.07, 6.45) is 6.98. The zero-order valence-electron chi connectivity index (χ0n) is 11.3. The summed E-state index contributed by atoms with van der Waals surface area (Å²) in [5.41, 5.74) is 3.78. The average molecular weight is 334 g/mol. The first kappa shape index (κ1) is 13.2. The van der Waals surface area contributed by atoms with Gasteiger partial charge in [-0.15, -0.1) is 0 Å². The van der Waals surface area contributed by atoms with Gasteiger partial charge in [0, 0.05) is 42.2 Å². The molecular formula is C15H16BrN3O. The maximum Gasteiger partial charge on any atom is 0.321 e. The molecule has 0 bridgehead atoms. The molecule has 0 atom stereocenters. The van der Waals surface area contributed by atoms with E-state index in [-0.39, 0.29) is 6.03 Å². The first-order valence-electron chi connectivity index (χ1n) is 6.62. The second-order valence-corrected chi connectivity index (χ2v) is 5.74. The van der Waals surface area contributed by atoms with Crippen molar-refractivity contribution in [1.29, 1.82) is 0 Å². The standard InChI is InChI=1S/C15H16BrN3O/c1-17-15(20)18-7-5-13(6-8-18)19-9-4-11-2-3-12(16)10-14(11)19/h2-3,5-7,10H,4,8-9H2,1H3,(H,17,20). The molecule has 0 aromatic heterocycles. The summed E-state index contributed by atoms with van der Waals surface area (Å²) in [7, 11) is 1.64. The second-order valence-electron chi connectivity index (χ2n) is 4.83. The van der Waals surface area contributed by atoms with Gasteiger partial charge in [-0.2, -0.15) is 0 Å². The number of amides is 2. The first-order chi connectivity index (χ1) is 9.69. The molecule has 0 spiro atoms. The van der Waals surface area contributed by atoms with Crippen molar-refractivity contribution in [3.63, 3.8) is 0 Å². The molecule has 1 aromatic carbocycles. The highest BCUT2D eigenvalue weighted by Crippen LogP contribution is 2.34. The van der Waals surface area contributed by atoms with Gasteiger partial charge in [0.15, 0.2) is 0 Å². The highest BCUT2D eigenvalue weighted by Gasteiger charge is 2.23.